The Hall–Kier alpha value is -0.900. The zero-order valence-electron chi connectivity index (χ0n) is 12.8. The Labute approximate surface area is 127 Å². The van der Waals surface area contributed by atoms with Crippen molar-refractivity contribution in [2.24, 2.45) is 5.73 Å². The van der Waals surface area contributed by atoms with E-state index >= 15 is 0 Å². The van der Waals surface area contributed by atoms with Gasteiger partial charge in [0, 0.05) is 19.1 Å². The van der Waals surface area contributed by atoms with Gasteiger partial charge in [0.05, 0.1) is 18.2 Å². The lowest BCUT2D eigenvalue weighted by molar-refractivity contribution is -0.104. The summed E-state index contributed by atoms with van der Waals surface area (Å²) in [6.45, 7) is 2.63. The number of hydrogen-bond acceptors (Lipinski definition) is 3. The van der Waals surface area contributed by atoms with Crippen LogP contribution in [0.4, 0.5) is 0 Å². The predicted molar refractivity (Wildman–Crippen MR) is 84.2 cm³/mol. The predicted octanol–water partition coefficient (Wildman–Crippen LogP) is 2.43. The minimum Gasteiger partial charge on any atom is -0.375 e. The first-order chi connectivity index (χ1) is 10.3. The second kappa shape index (κ2) is 5.38. The van der Waals surface area contributed by atoms with Crippen LogP contribution in [0.25, 0.3) is 0 Å². The van der Waals surface area contributed by atoms with Crippen molar-refractivity contribution < 1.29 is 4.74 Å². The maximum absolute atomic E-state index is 6.38. The van der Waals surface area contributed by atoms with Crippen molar-refractivity contribution in [3.63, 3.8) is 0 Å². The van der Waals surface area contributed by atoms with Crippen molar-refractivity contribution in [2.45, 2.75) is 56.2 Å². The van der Waals surface area contributed by atoms with E-state index in [0.717, 1.165) is 19.7 Å². The molecule has 1 aromatic carbocycles. The van der Waals surface area contributed by atoms with Gasteiger partial charge in [-0.15, -0.1) is 0 Å². The van der Waals surface area contributed by atoms with E-state index in [9.17, 15) is 0 Å². The summed E-state index contributed by atoms with van der Waals surface area (Å²) in [6, 6.07) is 9.55. The lowest BCUT2D eigenvalue weighted by Crippen LogP contribution is -2.62. The summed E-state index contributed by atoms with van der Waals surface area (Å²) in [5, 5.41) is 0. The first-order valence-electron chi connectivity index (χ1n) is 8.52. The molecule has 1 saturated heterocycles. The van der Waals surface area contributed by atoms with Gasteiger partial charge in [0.15, 0.2) is 0 Å². The average molecular weight is 286 g/mol. The first-order valence-corrected chi connectivity index (χ1v) is 8.52. The van der Waals surface area contributed by atoms with Crippen LogP contribution in [0.1, 0.15) is 43.2 Å². The number of nitrogens with two attached hydrogens (primary N) is 1. The fourth-order valence-electron chi connectivity index (χ4n) is 4.98. The Morgan fingerprint density at radius 1 is 1.24 bits per heavy atom. The molecule has 2 fully saturated rings. The summed E-state index contributed by atoms with van der Waals surface area (Å²) in [5.41, 5.74) is 9.43. The number of fused-ring (bicyclic) bond motifs is 2. The van der Waals surface area contributed by atoms with E-state index in [2.05, 4.69) is 29.2 Å². The van der Waals surface area contributed by atoms with Crippen LogP contribution in [-0.4, -0.2) is 36.7 Å². The van der Waals surface area contributed by atoms with Crippen molar-refractivity contribution in [2.75, 3.05) is 19.7 Å². The van der Waals surface area contributed by atoms with Gasteiger partial charge in [0.1, 0.15) is 0 Å². The third kappa shape index (κ3) is 2.06. The highest BCUT2D eigenvalue weighted by atomic mass is 16.5. The lowest BCUT2D eigenvalue weighted by atomic mass is 9.74. The van der Waals surface area contributed by atoms with Gasteiger partial charge in [-0.3, -0.25) is 4.90 Å². The molecule has 3 unspecified atom stereocenters. The van der Waals surface area contributed by atoms with E-state index in [4.69, 9.17) is 10.5 Å². The highest BCUT2D eigenvalue weighted by molar-refractivity contribution is 5.37. The molecule has 4 rings (SSSR count). The molecular formula is C18H26N2O. The number of ether oxygens (including phenoxy) is 1. The second-order valence-corrected chi connectivity index (χ2v) is 6.85. The molecule has 3 atom stereocenters. The van der Waals surface area contributed by atoms with Crippen LogP contribution >= 0.6 is 0 Å². The molecule has 0 spiro atoms. The number of benzene rings is 1. The zero-order valence-corrected chi connectivity index (χ0v) is 12.8. The van der Waals surface area contributed by atoms with Crippen molar-refractivity contribution in [1.82, 2.24) is 4.90 Å². The van der Waals surface area contributed by atoms with Crippen LogP contribution in [0, 0.1) is 0 Å². The maximum Gasteiger partial charge on any atom is 0.0731 e. The molecule has 1 aliphatic heterocycles. The molecular weight excluding hydrogens is 260 g/mol. The Bertz CT molecular complexity index is 518. The van der Waals surface area contributed by atoms with Gasteiger partial charge in [0.25, 0.3) is 0 Å². The lowest BCUT2D eigenvalue weighted by Gasteiger charge is -2.52. The molecule has 114 valence electrons. The van der Waals surface area contributed by atoms with Crippen LogP contribution in [0.15, 0.2) is 24.3 Å². The standard InChI is InChI=1S/C18H26N2O/c19-13-18(10-4-6-14-5-1-2-7-15(14)18)20-11-12-21-17-9-3-8-16(17)20/h1-2,5,7,16-17H,3-4,6,8-13,19H2. The molecule has 21 heavy (non-hydrogen) atoms. The highest BCUT2D eigenvalue weighted by Gasteiger charge is 2.48. The monoisotopic (exact) mass is 286 g/mol. The molecule has 0 radical (unpaired) electrons. The van der Waals surface area contributed by atoms with Gasteiger partial charge < -0.3 is 10.5 Å². The number of rotatable bonds is 2. The third-order valence-electron chi connectivity index (χ3n) is 5.92. The third-order valence-corrected chi connectivity index (χ3v) is 5.92. The molecule has 3 heteroatoms. The molecule has 0 aromatic heterocycles. The normalized spacial score (nSPS) is 36.2. The number of nitrogens with zero attached hydrogens (tertiary/aromatic N) is 1. The fraction of sp³-hybridized carbons (Fsp3) is 0.667. The second-order valence-electron chi connectivity index (χ2n) is 6.85. The highest BCUT2D eigenvalue weighted by Crippen LogP contribution is 2.44. The average Bonchev–Trinajstić information content (AvgIpc) is 3.03. The smallest absolute Gasteiger partial charge is 0.0731 e. The minimum atomic E-state index is 0.0475. The van der Waals surface area contributed by atoms with Crippen molar-refractivity contribution in [3.8, 4) is 0 Å². The van der Waals surface area contributed by atoms with E-state index in [-0.39, 0.29) is 5.54 Å². The number of hydrogen-bond donors (Lipinski definition) is 1. The molecule has 2 N–H and O–H groups in total. The molecule has 3 nitrogen and oxygen atoms in total. The van der Waals surface area contributed by atoms with Crippen molar-refractivity contribution in [1.29, 1.82) is 0 Å². The van der Waals surface area contributed by atoms with Crippen LogP contribution in [0.2, 0.25) is 0 Å². The molecule has 2 aliphatic carbocycles. The summed E-state index contributed by atoms with van der Waals surface area (Å²) < 4.78 is 6.02. The Morgan fingerprint density at radius 3 is 3.05 bits per heavy atom. The van der Waals surface area contributed by atoms with E-state index < -0.39 is 0 Å². The Kier molecular flexibility index (Phi) is 3.52. The van der Waals surface area contributed by atoms with Crippen molar-refractivity contribution in [3.05, 3.63) is 35.4 Å². The van der Waals surface area contributed by atoms with Gasteiger partial charge in [-0.2, -0.15) is 0 Å². The first kappa shape index (κ1) is 13.7. The van der Waals surface area contributed by atoms with Crippen LogP contribution in [-0.2, 0) is 16.7 Å². The van der Waals surface area contributed by atoms with Crippen molar-refractivity contribution >= 4 is 0 Å². The SMILES string of the molecule is NCC1(N2CCOC3CCCC32)CCCc2ccccc21. The largest absolute Gasteiger partial charge is 0.375 e. The Morgan fingerprint density at radius 2 is 2.14 bits per heavy atom. The van der Waals surface area contributed by atoms with E-state index in [1.165, 1.54) is 49.7 Å². The molecule has 1 aromatic rings. The summed E-state index contributed by atoms with van der Waals surface area (Å²) in [4.78, 5) is 2.73. The molecule has 3 aliphatic rings. The van der Waals surface area contributed by atoms with Gasteiger partial charge in [-0.1, -0.05) is 24.3 Å². The molecule has 0 amide bonds. The van der Waals surface area contributed by atoms with E-state index in [1.54, 1.807) is 0 Å². The maximum atomic E-state index is 6.38. The molecule has 1 heterocycles. The van der Waals surface area contributed by atoms with Gasteiger partial charge in [-0.25, -0.2) is 0 Å². The summed E-state index contributed by atoms with van der Waals surface area (Å²) in [7, 11) is 0. The Balaban J connectivity index is 1.77. The van der Waals surface area contributed by atoms with Crippen LogP contribution < -0.4 is 5.73 Å². The van der Waals surface area contributed by atoms with Crippen LogP contribution in [0.5, 0.6) is 0 Å². The van der Waals surface area contributed by atoms with E-state index in [1.807, 2.05) is 0 Å². The quantitative estimate of drug-likeness (QED) is 0.907. The minimum absolute atomic E-state index is 0.0475. The number of morpholine rings is 1. The van der Waals surface area contributed by atoms with Gasteiger partial charge in [-0.05, 0) is 49.7 Å². The van der Waals surface area contributed by atoms with Crippen LogP contribution in [0.3, 0.4) is 0 Å². The van der Waals surface area contributed by atoms with E-state index in [0.29, 0.717) is 12.1 Å². The fourth-order valence-corrected chi connectivity index (χ4v) is 4.98. The molecule has 0 bridgehead atoms. The summed E-state index contributed by atoms with van der Waals surface area (Å²) in [5.74, 6) is 0. The topological polar surface area (TPSA) is 38.5 Å². The zero-order chi connectivity index (χ0) is 14.3. The van der Waals surface area contributed by atoms with Gasteiger partial charge in [0.2, 0.25) is 0 Å². The summed E-state index contributed by atoms with van der Waals surface area (Å²) in [6.07, 6.45) is 7.89. The molecule has 1 saturated carbocycles. The summed E-state index contributed by atoms with van der Waals surface area (Å²) >= 11 is 0. The van der Waals surface area contributed by atoms with Gasteiger partial charge >= 0.3 is 0 Å². The number of aryl methyl sites for hydroxylation is 1.